The first-order valence-electron chi connectivity index (χ1n) is 8.85. The highest BCUT2D eigenvalue weighted by molar-refractivity contribution is 5.90. The van der Waals surface area contributed by atoms with Crippen LogP contribution in [-0.4, -0.2) is 22.5 Å². The molecule has 0 spiro atoms. The minimum atomic E-state index is -0.413. The lowest BCUT2D eigenvalue weighted by atomic mass is 10.1. The SMILES string of the molecule is CC(C)CN(Cc1cc(=O)[nH]c2ccccc12)C(=O)Nc1cccc(F)c1. The summed E-state index contributed by atoms with van der Waals surface area (Å²) >= 11 is 0. The number of urea groups is 1. The summed E-state index contributed by atoms with van der Waals surface area (Å²) in [6.07, 6.45) is 0. The number of anilines is 1. The topological polar surface area (TPSA) is 65.2 Å². The van der Waals surface area contributed by atoms with Gasteiger partial charge >= 0.3 is 6.03 Å². The van der Waals surface area contributed by atoms with Crippen molar-refractivity contribution in [3.05, 3.63) is 76.3 Å². The molecule has 0 radical (unpaired) electrons. The van der Waals surface area contributed by atoms with Gasteiger partial charge in [0.05, 0.1) is 0 Å². The number of amides is 2. The summed E-state index contributed by atoms with van der Waals surface area (Å²) in [4.78, 5) is 29.2. The highest BCUT2D eigenvalue weighted by Crippen LogP contribution is 2.18. The Bertz CT molecular complexity index is 1010. The molecule has 2 aromatic carbocycles. The van der Waals surface area contributed by atoms with Crippen molar-refractivity contribution in [2.75, 3.05) is 11.9 Å². The molecule has 1 heterocycles. The predicted molar refractivity (Wildman–Crippen MR) is 105 cm³/mol. The molecule has 3 aromatic rings. The number of aromatic nitrogens is 1. The van der Waals surface area contributed by atoms with Crippen LogP contribution in [0.2, 0.25) is 0 Å². The van der Waals surface area contributed by atoms with Crippen LogP contribution in [0, 0.1) is 11.7 Å². The van der Waals surface area contributed by atoms with Gasteiger partial charge in [-0.1, -0.05) is 38.1 Å². The first-order chi connectivity index (χ1) is 12.9. The number of fused-ring (bicyclic) bond motifs is 1. The second kappa shape index (κ2) is 8.03. The molecule has 140 valence electrons. The van der Waals surface area contributed by atoms with Gasteiger partial charge in [-0.15, -0.1) is 0 Å². The van der Waals surface area contributed by atoms with Crippen molar-refractivity contribution in [2.45, 2.75) is 20.4 Å². The van der Waals surface area contributed by atoms with Crippen LogP contribution < -0.4 is 10.9 Å². The van der Waals surface area contributed by atoms with Crippen LogP contribution in [0.4, 0.5) is 14.9 Å². The molecular formula is C21H22FN3O2. The number of aromatic amines is 1. The summed E-state index contributed by atoms with van der Waals surface area (Å²) in [7, 11) is 0. The zero-order chi connectivity index (χ0) is 19.4. The first-order valence-corrected chi connectivity index (χ1v) is 8.85. The number of carbonyl (C=O) groups excluding carboxylic acids is 1. The van der Waals surface area contributed by atoms with Crippen LogP contribution in [0.25, 0.3) is 10.9 Å². The number of pyridine rings is 1. The van der Waals surface area contributed by atoms with Crippen LogP contribution in [0.5, 0.6) is 0 Å². The van der Waals surface area contributed by atoms with Gasteiger partial charge in [0.25, 0.3) is 0 Å². The van der Waals surface area contributed by atoms with E-state index < -0.39 is 5.82 Å². The lowest BCUT2D eigenvalue weighted by Crippen LogP contribution is -2.37. The molecule has 0 saturated heterocycles. The fraction of sp³-hybridized carbons (Fsp3) is 0.238. The van der Waals surface area contributed by atoms with Crippen LogP contribution >= 0.6 is 0 Å². The molecule has 0 fully saturated rings. The van der Waals surface area contributed by atoms with Gasteiger partial charge in [0, 0.05) is 35.7 Å². The molecule has 2 amide bonds. The Labute approximate surface area is 156 Å². The number of H-pyrrole nitrogens is 1. The van der Waals surface area contributed by atoms with Crippen molar-refractivity contribution in [1.29, 1.82) is 0 Å². The Kier molecular flexibility index (Phi) is 5.54. The van der Waals surface area contributed by atoms with Crippen molar-refractivity contribution >= 4 is 22.6 Å². The maximum absolute atomic E-state index is 13.4. The quantitative estimate of drug-likeness (QED) is 0.704. The van der Waals surface area contributed by atoms with Crippen molar-refractivity contribution < 1.29 is 9.18 Å². The molecular weight excluding hydrogens is 345 g/mol. The van der Waals surface area contributed by atoms with E-state index >= 15 is 0 Å². The fourth-order valence-electron chi connectivity index (χ4n) is 3.04. The standard InChI is InChI=1S/C21H22FN3O2/c1-14(2)12-25(21(27)23-17-7-5-6-16(22)11-17)13-15-10-20(26)24-19-9-4-3-8-18(15)19/h3-11,14H,12-13H2,1-2H3,(H,23,27)(H,24,26). The molecule has 1 aromatic heterocycles. The van der Waals surface area contributed by atoms with Crippen molar-refractivity contribution in [3.8, 4) is 0 Å². The second-order valence-corrected chi connectivity index (χ2v) is 6.92. The number of benzene rings is 2. The molecule has 0 unspecified atom stereocenters. The molecule has 0 aliphatic carbocycles. The lowest BCUT2D eigenvalue weighted by molar-refractivity contribution is 0.202. The van der Waals surface area contributed by atoms with E-state index in [9.17, 15) is 14.0 Å². The number of hydrogen-bond donors (Lipinski definition) is 2. The largest absolute Gasteiger partial charge is 0.322 e. The second-order valence-electron chi connectivity index (χ2n) is 6.92. The number of para-hydroxylation sites is 1. The van der Waals surface area contributed by atoms with Gasteiger partial charge in [-0.25, -0.2) is 9.18 Å². The molecule has 0 aliphatic rings. The third-order valence-electron chi connectivity index (χ3n) is 4.15. The van der Waals surface area contributed by atoms with Gasteiger partial charge in [-0.05, 0) is 35.7 Å². The molecule has 3 rings (SSSR count). The Morgan fingerprint density at radius 3 is 2.67 bits per heavy atom. The van der Waals surface area contributed by atoms with Crippen molar-refractivity contribution in [2.24, 2.45) is 5.92 Å². The number of nitrogens with zero attached hydrogens (tertiary/aromatic N) is 1. The smallest absolute Gasteiger partial charge is 0.322 e. The van der Waals surface area contributed by atoms with Gasteiger partial charge in [0.15, 0.2) is 0 Å². The Morgan fingerprint density at radius 2 is 1.93 bits per heavy atom. The van der Waals surface area contributed by atoms with E-state index in [2.05, 4.69) is 10.3 Å². The number of nitrogens with one attached hydrogen (secondary N) is 2. The molecule has 0 atom stereocenters. The zero-order valence-corrected chi connectivity index (χ0v) is 15.3. The predicted octanol–water partition coefficient (Wildman–Crippen LogP) is 4.36. The van der Waals surface area contributed by atoms with Gasteiger partial charge in [0.2, 0.25) is 5.56 Å². The van der Waals surface area contributed by atoms with Crippen molar-refractivity contribution in [1.82, 2.24) is 9.88 Å². The monoisotopic (exact) mass is 367 g/mol. The molecule has 27 heavy (non-hydrogen) atoms. The summed E-state index contributed by atoms with van der Waals surface area (Å²) < 4.78 is 13.4. The minimum Gasteiger partial charge on any atom is -0.322 e. The van der Waals surface area contributed by atoms with Gasteiger partial charge in [0.1, 0.15) is 5.82 Å². The molecule has 6 heteroatoms. The number of hydrogen-bond acceptors (Lipinski definition) is 2. The van der Waals surface area contributed by atoms with E-state index in [1.807, 2.05) is 38.1 Å². The van der Waals surface area contributed by atoms with Crippen molar-refractivity contribution in [3.63, 3.8) is 0 Å². The number of rotatable bonds is 5. The zero-order valence-electron chi connectivity index (χ0n) is 15.3. The summed E-state index contributed by atoms with van der Waals surface area (Å²) in [6.45, 7) is 4.81. The maximum atomic E-state index is 13.4. The summed E-state index contributed by atoms with van der Waals surface area (Å²) in [5.41, 5.74) is 1.68. The Hall–Kier alpha value is -3.15. The van der Waals surface area contributed by atoms with E-state index in [0.717, 1.165) is 16.5 Å². The van der Waals surface area contributed by atoms with Crippen LogP contribution in [-0.2, 0) is 6.54 Å². The summed E-state index contributed by atoms with van der Waals surface area (Å²) in [5, 5.41) is 3.63. The third-order valence-corrected chi connectivity index (χ3v) is 4.15. The number of carbonyl (C=O) groups is 1. The summed E-state index contributed by atoms with van der Waals surface area (Å²) in [6, 6.07) is 14.5. The van der Waals surface area contributed by atoms with E-state index in [4.69, 9.17) is 0 Å². The highest BCUT2D eigenvalue weighted by Gasteiger charge is 2.17. The third kappa shape index (κ3) is 4.73. The molecule has 2 N–H and O–H groups in total. The Morgan fingerprint density at radius 1 is 1.15 bits per heavy atom. The molecule has 0 aliphatic heterocycles. The Balaban J connectivity index is 1.89. The number of halogens is 1. The maximum Gasteiger partial charge on any atom is 0.322 e. The molecule has 0 bridgehead atoms. The average molecular weight is 367 g/mol. The van der Waals surface area contributed by atoms with Gasteiger partial charge < -0.3 is 15.2 Å². The fourth-order valence-corrected chi connectivity index (χ4v) is 3.04. The van der Waals surface area contributed by atoms with Crippen LogP contribution in [0.1, 0.15) is 19.4 Å². The van der Waals surface area contributed by atoms with Crippen LogP contribution in [0.3, 0.4) is 0 Å². The van der Waals surface area contributed by atoms with E-state index in [1.165, 1.54) is 18.2 Å². The summed E-state index contributed by atoms with van der Waals surface area (Å²) in [5.74, 6) is -0.180. The highest BCUT2D eigenvalue weighted by atomic mass is 19.1. The van der Waals surface area contributed by atoms with Gasteiger partial charge in [-0.3, -0.25) is 4.79 Å². The van der Waals surface area contributed by atoms with E-state index in [1.54, 1.807) is 17.0 Å². The molecule has 5 nitrogen and oxygen atoms in total. The van der Waals surface area contributed by atoms with E-state index in [-0.39, 0.29) is 24.1 Å². The normalized spacial score (nSPS) is 11.0. The lowest BCUT2D eigenvalue weighted by Gasteiger charge is -2.25. The molecule has 0 saturated carbocycles. The minimum absolute atomic E-state index is 0.210. The van der Waals surface area contributed by atoms with Crippen LogP contribution in [0.15, 0.2) is 59.4 Å². The van der Waals surface area contributed by atoms with Gasteiger partial charge in [-0.2, -0.15) is 0 Å². The van der Waals surface area contributed by atoms with E-state index in [0.29, 0.717) is 12.2 Å². The average Bonchev–Trinajstić information content (AvgIpc) is 2.60. The first kappa shape index (κ1) is 18.6.